The zero-order chi connectivity index (χ0) is 43.9. The highest BCUT2D eigenvalue weighted by molar-refractivity contribution is 6.31. The molecule has 334 valence electrons. The van der Waals surface area contributed by atoms with Gasteiger partial charge >= 0.3 is 0 Å². The molecule has 18 heteroatoms. The minimum atomic E-state index is -0.432. The van der Waals surface area contributed by atoms with E-state index in [4.69, 9.17) is 32.5 Å². The van der Waals surface area contributed by atoms with E-state index >= 15 is 0 Å². The Hall–Kier alpha value is -5.68. The Labute approximate surface area is 367 Å². The molecule has 0 radical (unpaired) electrons. The molecule has 4 heterocycles. The van der Waals surface area contributed by atoms with Crippen LogP contribution in [0.15, 0.2) is 48.5 Å². The van der Waals surface area contributed by atoms with Gasteiger partial charge in [-0.1, -0.05) is 35.9 Å². The van der Waals surface area contributed by atoms with E-state index in [9.17, 15) is 24.0 Å². The average Bonchev–Trinajstić information content (AvgIpc) is 3.87. The highest BCUT2D eigenvalue weighted by Crippen LogP contribution is 2.25. The van der Waals surface area contributed by atoms with Crippen molar-refractivity contribution in [3.05, 3.63) is 70.5 Å². The number of aryl methyl sites for hydroxylation is 2. The van der Waals surface area contributed by atoms with Crippen molar-refractivity contribution in [1.82, 2.24) is 35.7 Å². The summed E-state index contributed by atoms with van der Waals surface area (Å²) in [7, 11) is 0. The summed E-state index contributed by atoms with van der Waals surface area (Å²) in [6.07, 6.45) is 8.18. The fraction of sp³-hybridized carbons (Fsp3) is 0.523. The third-order valence-electron chi connectivity index (χ3n) is 11.8. The topological polar surface area (TPSA) is 224 Å². The maximum atomic E-state index is 13.4. The number of nitrogens with zero attached hydrogens (tertiary/aromatic N) is 5. The smallest absolute Gasteiger partial charge is 0.274 e. The largest absolute Gasteiger partial charge is 0.484 e. The van der Waals surface area contributed by atoms with Gasteiger partial charge in [0.1, 0.15) is 11.5 Å². The summed E-state index contributed by atoms with van der Waals surface area (Å²) >= 11 is 6.08. The minimum absolute atomic E-state index is 0.0311. The Bertz CT molecular complexity index is 1920. The number of nitrogens with one attached hydrogen (secondary N) is 3. The van der Waals surface area contributed by atoms with Gasteiger partial charge in [-0.25, -0.2) is 9.97 Å². The third-order valence-corrected chi connectivity index (χ3v) is 12.1. The number of aromatic nitrogens is 2. The molecule has 7 N–H and O–H groups in total. The molecule has 17 nitrogen and oxygen atoms in total. The Morgan fingerprint density at radius 1 is 0.742 bits per heavy atom. The molecule has 62 heavy (non-hydrogen) atoms. The van der Waals surface area contributed by atoms with Crippen molar-refractivity contribution in [2.45, 2.75) is 70.3 Å². The van der Waals surface area contributed by atoms with Gasteiger partial charge in [-0.15, -0.1) is 0 Å². The molecule has 1 aromatic heterocycles. The van der Waals surface area contributed by atoms with Crippen LogP contribution >= 0.6 is 11.6 Å². The molecule has 2 aromatic carbocycles. The van der Waals surface area contributed by atoms with E-state index in [-0.39, 0.29) is 65.4 Å². The molecule has 0 aliphatic carbocycles. The zero-order valence-electron chi connectivity index (χ0n) is 35.4. The number of ether oxygens (including phenoxy) is 2. The normalized spacial score (nSPS) is 17.2. The van der Waals surface area contributed by atoms with Gasteiger partial charge in [0.25, 0.3) is 17.7 Å². The van der Waals surface area contributed by atoms with E-state index in [1.54, 1.807) is 9.80 Å². The number of benzene rings is 2. The lowest BCUT2D eigenvalue weighted by molar-refractivity contribution is -0.933. The molecule has 0 spiro atoms. The van der Waals surface area contributed by atoms with Crippen LogP contribution in [0.1, 0.15) is 73.0 Å². The van der Waals surface area contributed by atoms with Crippen LogP contribution in [0, 0.1) is 0 Å². The maximum Gasteiger partial charge on any atom is 0.274 e. The molecule has 3 aromatic rings. The summed E-state index contributed by atoms with van der Waals surface area (Å²) in [5.41, 5.74) is 14.0. The second-order valence-corrected chi connectivity index (χ2v) is 16.7. The Morgan fingerprint density at radius 2 is 1.26 bits per heavy atom. The van der Waals surface area contributed by atoms with Crippen LogP contribution in [0.3, 0.4) is 0 Å². The van der Waals surface area contributed by atoms with Gasteiger partial charge in [0, 0.05) is 65.0 Å². The first-order valence-corrected chi connectivity index (χ1v) is 22.1. The number of hydrogen-bond acceptors (Lipinski definition) is 11. The number of nitrogen functional groups attached to an aromatic ring is 2. The van der Waals surface area contributed by atoms with E-state index in [2.05, 4.69) is 25.9 Å². The Kier molecular flexibility index (Phi) is 16.6. The van der Waals surface area contributed by atoms with E-state index < -0.39 is 5.91 Å². The van der Waals surface area contributed by atoms with Crippen LogP contribution in [-0.4, -0.2) is 138 Å². The zero-order valence-corrected chi connectivity index (χ0v) is 36.1. The Morgan fingerprint density at radius 3 is 1.74 bits per heavy atom. The standard InChI is InChI=1S/C44H59ClN10O7/c45-41-43(47)52-42(46)40(51-41)44(60)50-33-8-5-27-55(28-33,25-3-6-31-11-15-34(16-12-31)61-29-36(56)48-19-23-53-21-1-9-38(53)58)26-4-7-32-13-17-35(18-14-32)62-30-37(57)49-20-24-54-22-2-10-39(54)59/h11-18,33H,1-10,19-30H2,(H6-,46,47,48,49,50,52,56,57,60)/p+1/t33-/m0/s1. The quantitative estimate of drug-likeness (QED) is 0.0923. The van der Waals surface area contributed by atoms with Gasteiger partial charge in [0.15, 0.2) is 35.7 Å². The van der Waals surface area contributed by atoms with Gasteiger partial charge in [-0.2, -0.15) is 0 Å². The van der Waals surface area contributed by atoms with E-state index in [1.807, 2.05) is 48.5 Å². The van der Waals surface area contributed by atoms with Gasteiger partial charge in [-0.3, -0.25) is 24.0 Å². The number of rotatable bonds is 22. The van der Waals surface area contributed by atoms with Crippen LogP contribution in [0.2, 0.25) is 5.15 Å². The molecule has 3 saturated heterocycles. The van der Waals surface area contributed by atoms with Crippen molar-refractivity contribution >= 4 is 52.8 Å². The van der Waals surface area contributed by atoms with Gasteiger partial charge in [0.2, 0.25) is 11.8 Å². The van der Waals surface area contributed by atoms with Crippen LogP contribution in [0.25, 0.3) is 0 Å². The molecule has 3 fully saturated rings. The number of piperidine rings is 1. The molecular formula is C44H60ClN10O7+. The second kappa shape index (κ2) is 22.4. The second-order valence-electron chi connectivity index (χ2n) is 16.4. The van der Waals surface area contributed by atoms with Crippen molar-refractivity contribution in [1.29, 1.82) is 0 Å². The predicted molar refractivity (Wildman–Crippen MR) is 234 cm³/mol. The number of quaternary nitrogens is 1. The summed E-state index contributed by atoms with van der Waals surface area (Å²) < 4.78 is 12.3. The molecule has 1 atom stereocenters. The van der Waals surface area contributed by atoms with Crippen LogP contribution < -0.4 is 36.9 Å². The van der Waals surface area contributed by atoms with E-state index in [0.29, 0.717) is 50.5 Å². The number of anilines is 2. The number of hydrogen-bond donors (Lipinski definition) is 5. The number of nitrogens with two attached hydrogens (primary N) is 2. The monoisotopic (exact) mass is 875 g/mol. The summed E-state index contributed by atoms with van der Waals surface area (Å²) in [4.78, 5) is 73.2. The molecular weight excluding hydrogens is 816 g/mol. The molecule has 0 saturated carbocycles. The van der Waals surface area contributed by atoms with Crippen molar-refractivity contribution in [3.63, 3.8) is 0 Å². The van der Waals surface area contributed by atoms with Gasteiger partial charge in [0.05, 0.1) is 32.2 Å². The van der Waals surface area contributed by atoms with Crippen LogP contribution in [-0.2, 0) is 32.0 Å². The summed E-state index contributed by atoms with van der Waals surface area (Å²) in [5, 5.41) is 8.71. The lowest BCUT2D eigenvalue weighted by Crippen LogP contribution is -2.60. The van der Waals surface area contributed by atoms with Crippen molar-refractivity contribution in [3.8, 4) is 11.5 Å². The van der Waals surface area contributed by atoms with Crippen LogP contribution in [0.5, 0.6) is 11.5 Å². The lowest BCUT2D eigenvalue weighted by Gasteiger charge is -2.45. The molecule has 0 unspecified atom stereocenters. The number of amides is 5. The number of carbonyl (C=O) groups is 5. The lowest BCUT2D eigenvalue weighted by atomic mass is 9.99. The highest BCUT2D eigenvalue weighted by atomic mass is 35.5. The summed E-state index contributed by atoms with van der Waals surface area (Å²) in [6, 6.07) is 15.5. The van der Waals surface area contributed by atoms with Gasteiger partial charge < -0.3 is 51.2 Å². The predicted octanol–water partition coefficient (Wildman–Crippen LogP) is 2.50. The average molecular weight is 876 g/mol. The first-order chi connectivity index (χ1) is 29.9. The van der Waals surface area contributed by atoms with E-state index in [1.165, 1.54) is 0 Å². The highest BCUT2D eigenvalue weighted by Gasteiger charge is 2.36. The maximum absolute atomic E-state index is 13.4. The number of halogens is 1. The molecule has 6 rings (SSSR count). The number of carbonyl (C=O) groups excluding carboxylic acids is 5. The first-order valence-electron chi connectivity index (χ1n) is 21.7. The fourth-order valence-electron chi connectivity index (χ4n) is 8.50. The van der Waals surface area contributed by atoms with Gasteiger partial charge in [-0.05, 0) is 73.9 Å². The van der Waals surface area contributed by atoms with Crippen molar-refractivity contribution < 1.29 is 37.9 Å². The molecule has 5 amide bonds. The summed E-state index contributed by atoms with van der Waals surface area (Å²) in [6.45, 7) is 6.65. The van der Waals surface area contributed by atoms with Crippen molar-refractivity contribution in [2.75, 3.05) is 90.1 Å². The first kappa shape index (κ1) is 45.8. The Balaban J connectivity index is 0.986. The molecule has 0 bridgehead atoms. The fourth-order valence-corrected chi connectivity index (χ4v) is 8.63. The SMILES string of the molecule is Nc1nc(N)c(C(=O)N[C@H]2CCC[N+](CCCc3ccc(OCC(=O)NCCN4CCCC4=O)cc3)(CCCc3ccc(OCC(=O)NCCN4CCCC4=O)cc3)C2)nc1Cl. The molecule has 3 aliphatic heterocycles. The molecule has 3 aliphatic rings. The van der Waals surface area contributed by atoms with Crippen molar-refractivity contribution in [2.24, 2.45) is 0 Å². The summed E-state index contributed by atoms with van der Waals surface area (Å²) in [5.74, 6) is 0.494. The van der Waals surface area contributed by atoms with Crippen LogP contribution in [0.4, 0.5) is 11.6 Å². The number of likely N-dealkylation sites (tertiary alicyclic amines) is 3. The van der Waals surface area contributed by atoms with E-state index in [0.717, 1.165) is 106 Å². The third kappa shape index (κ3) is 13.7. The minimum Gasteiger partial charge on any atom is -0.484 e.